The molecule has 0 spiro atoms. The number of thiazole rings is 1. The van der Waals surface area contributed by atoms with Crippen LogP contribution in [0.15, 0.2) is 86.1 Å². The molecule has 36 heavy (non-hydrogen) atoms. The molecule has 0 saturated heterocycles. The van der Waals surface area contributed by atoms with E-state index in [0.29, 0.717) is 26.4 Å². The molecule has 0 atom stereocenters. The molecule has 0 N–H and O–H groups in total. The Morgan fingerprint density at radius 3 is 2.39 bits per heavy atom. The Hall–Kier alpha value is -4.69. The second kappa shape index (κ2) is 8.21. The molecule has 3 heterocycles. The van der Waals surface area contributed by atoms with Crippen LogP contribution in [0.3, 0.4) is 0 Å². The number of aromatic nitrogens is 1. The zero-order chi connectivity index (χ0) is 25.0. The molecule has 170 valence electrons. The molecule has 0 fully saturated rings. The lowest BCUT2D eigenvalue weighted by Gasteiger charge is -2.10. The van der Waals surface area contributed by atoms with Crippen LogP contribution < -0.4 is 11.2 Å². The Morgan fingerprint density at radius 2 is 1.64 bits per heavy atom. The number of hydrogen-bond donors (Lipinski definition) is 0. The SMILES string of the molecule is N#Cc1c(-c2ccc(Cl)cc2)c(C#N)c2scc(-c3cc4c(ccc5ccccc54)oc3=O)n2c1=O. The van der Waals surface area contributed by atoms with Crippen molar-refractivity contribution in [1.82, 2.24) is 4.40 Å². The highest BCUT2D eigenvalue weighted by Gasteiger charge is 2.24. The van der Waals surface area contributed by atoms with E-state index in [0.717, 1.165) is 22.1 Å². The summed E-state index contributed by atoms with van der Waals surface area (Å²) in [6.45, 7) is 0. The van der Waals surface area contributed by atoms with E-state index in [1.165, 1.54) is 4.40 Å². The van der Waals surface area contributed by atoms with Gasteiger partial charge < -0.3 is 4.42 Å². The molecule has 6 rings (SSSR count). The minimum Gasteiger partial charge on any atom is -0.422 e. The molecule has 0 amide bonds. The van der Waals surface area contributed by atoms with Crippen molar-refractivity contribution in [3.05, 3.63) is 109 Å². The molecule has 8 heteroatoms. The van der Waals surface area contributed by atoms with Crippen LogP contribution >= 0.6 is 22.9 Å². The Morgan fingerprint density at radius 1 is 0.889 bits per heavy atom. The average Bonchev–Trinajstić information content (AvgIpc) is 3.34. The van der Waals surface area contributed by atoms with Gasteiger partial charge in [0.05, 0.1) is 16.8 Å². The second-order valence-electron chi connectivity index (χ2n) is 8.07. The molecular weight excluding hydrogens is 494 g/mol. The fourth-order valence-corrected chi connectivity index (χ4v) is 5.63. The van der Waals surface area contributed by atoms with Gasteiger partial charge in [0, 0.05) is 21.4 Å². The van der Waals surface area contributed by atoms with Gasteiger partial charge in [-0.3, -0.25) is 9.20 Å². The van der Waals surface area contributed by atoms with Crippen molar-refractivity contribution in [1.29, 1.82) is 10.5 Å². The van der Waals surface area contributed by atoms with Crippen LogP contribution in [0.1, 0.15) is 11.1 Å². The van der Waals surface area contributed by atoms with Crippen LogP contribution in [0.2, 0.25) is 5.02 Å². The summed E-state index contributed by atoms with van der Waals surface area (Å²) in [4.78, 5) is 27.0. The van der Waals surface area contributed by atoms with Crippen molar-refractivity contribution in [3.8, 4) is 34.5 Å². The quantitative estimate of drug-likeness (QED) is 0.201. The maximum atomic E-state index is 13.6. The van der Waals surface area contributed by atoms with E-state index in [1.807, 2.05) is 36.4 Å². The molecule has 3 aromatic heterocycles. The monoisotopic (exact) mass is 505 g/mol. The lowest BCUT2D eigenvalue weighted by Crippen LogP contribution is -2.20. The number of hydrogen-bond acceptors (Lipinski definition) is 6. The maximum absolute atomic E-state index is 13.6. The van der Waals surface area contributed by atoms with Gasteiger partial charge in [0.2, 0.25) is 0 Å². The number of pyridine rings is 1. The molecule has 0 saturated carbocycles. The molecule has 0 aliphatic rings. The fourth-order valence-electron chi connectivity index (χ4n) is 4.50. The van der Waals surface area contributed by atoms with Crippen LogP contribution in [0.25, 0.3) is 49.0 Å². The predicted molar refractivity (Wildman–Crippen MR) is 140 cm³/mol. The van der Waals surface area contributed by atoms with Gasteiger partial charge in [-0.05, 0) is 40.6 Å². The first-order valence-corrected chi connectivity index (χ1v) is 12.0. The van der Waals surface area contributed by atoms with Gasteiger partial charge in [-0.25, -0.2) is 4.79 Å². The number of nitriles is 2. The van der Waals surface area contributed by atoms with E-state index >= 15 is 0 Å². The van der Waals surface area contributed by atoms with Crippen LogP contribution in [0.4, 0.5) is 0 Å². The third-order valence-corrected chi connectivity index (χ3v) is 7.33. The summed E-state index contributed by atoms with van der Waals surface area (Å²) in [6, 6.07) is 23.7. The molecule has 0 radical (unpaired) electrons. The second-order valence-corrected chi connectivity index (χ2v) is 9.36. The lowest BCUT2D eigenvalue weighted by molar-refractivity contribution is 0.563. The van der Waals surface area contributed by atoms with E-state index in [4.69, 9.17) is 16.0 Å². The average molecular weight is 506 g/mol. The predicted octanol–water partition coefficient (Wildman–Crippen LogP) is 6.35. The molecule has 0 aliphatic heterocycles. The number of rotatable bonds is 2. The third-order valence-electron chi connectivity index (χ3n) is 6.13. The van der Waals surface area contributed by atoms with Gasteiger partial charge >= 0.3 is 5.63 Å². The zero-order valence-corrected chi connectivity index (χ0v) is 19.9. The Bertz CT molecular complexity index is 2070. The van der Waals surface area contributed by atoms with Gasteiger partial charge in [-0.15, -0.1) is 11.3 Å². The largest absolute Gasteiger partial charge is 0.422 e. The molecule has 6 nitrogen and oxygen atoms in total. The van der Waals surface area contributed by atoms with Crippen molar-refractivity contribution in [2.24, 2.45) is 0 Å². The molecule has 0 bridgehead atoms. The summed E-state index contributed by atoms with van der Waals surface area (Å²) >= 11 is 7.15. The van der Waals surface area contributed by atoms with E-state index < -0.39 is 11.2 Å². The highest BCUT2D eigenvalue weighted by molar-refractivity contribution is 7.16. The summed E-state index contributed by atoms with van der Waals surface area (Å²) < 4.78 is 6.88. The van der Waals surface area contributed by atoms with Crippen LogP contribution in [-0.4, -0.2) is 4.40 Å². The van der Waals surface area contributed by atoms with Gasteiger partial charge in [0.25, 0.3) is 5.56 Å². The first-order chi connectivity index (χ1) is 17.5. The van der Waals surface area contributed by atoms with Crippen molar-refractivity contribution in [2.45, 2.75) is 0 Å². The number of halogens is 1. The smallest absolute Gasteiger partial charge is 0.345 e. The zero-order valence-electron chi connectivity index (χ0n) is 18.3. The minimum atomic E-state index is -0.622. The normalized spacial score (nSPS) is 11.1. The number of fused-ring (bicyclic) bond motifs is 4. The Kier molecular flexibility index (Phi) is 4.98. The topological polar surface area (TPSA) is 99.3 Å². The fraction of sp³-hybridized carbons (Fsp3) is 0. The van der Waals surface area contributed by atoms with Crippen molar-refractivity contribution in [3.63, 3.8) is 0 Å². The standard InChI is InChI=1S/C28H12ClN3O3S/c29-17-8-5-16(6-9-17)25-21(12-30)26(33)32-23(14-36-27(32)22(25)13-31)20-11-19-18-4-2-1-3-15(18)7-10-24(19)35-28(20)34/h1-11,14H. The molecule has 0 aliphatic carbocycles. The summed E-state index contributed by atoms with van der Waals surface area (Å²) in [5.74, 6) is 0. The van der Waals surface area contributed by atoms with E-state index in [2.05, 4.69) is 6.07 Å². The van der Waals surface area contributed by atoms with Crippen LogP contribution in [0.5, 0.6) is 0 Å². The Balaban J connectivity index is 1.71. The summed E-state index contributed by atoms with van der Waals surface area (Å²) in [6.07, 6.45) is 0. The highest BCUT2D eigenvalue weighted by atomic mass is 35.5. The van der Waals surface area contributed by atoms with Gasteiger partial charge in [-0.1, -0.05) is 54.1 Å². The minimum absolute atomic E-state index is 0.166. The summed E-state index contributed by atoms with van der Waals surface area (Å²) in [7, 11) is 0. The van der Waals surface area contributed by atoms with Crippen molar-refractivity contribution in [2.75, 3.05) is 0 Å². The van der Waals surface area contributed by atoms with Gasteiger partial charge in [0.15, 0.2) is 0 Å². The lowest BCUT2D eigenvalue weighted by atomic mass is 9.97. The van der Waals surface area contributed by atoms with Crippen LogP contribution in [0, 0.1) is 22.7 Å². The van der Waals surface area contributed by atoms with Gasteiger partial charge in [0.1, 0.15) is 28.1 Å². The van der Waals surface area contributed by atoms with Gasteiger partial charge in [-0.2, -0.15) is 10.5 Å². The first kappa shape index (κ1) is 21.8. The third kappa shape index (κ3) is 3.15. The van der Waals surface area contributed by atoms with Crippen molar-refractivity contribution >= 4 is 49.5 Å². The van der Waals surface area contributed by atoms with E-state index in [9.17, 15) is 20.1 Å². The molecule has 3 aromatic carbocycles. The summed E-state index contributed by atoms with van der Waals surface area (Å²) in [5, 5.41) is 24.7. The first-order valence-electron chi connectivity index (χ1n) is 10.7. The number of benzene rings is 3. The summed E-state index contributed by atoms with van der Waals surface area (Å²) in [5.41, 5.74) is 0.355. The van der Waals surface area contributed by atoms with Crippen molar-refractivity contribution < 1.29 is 4.42 Å². The van der Waals surface area contributed by atoms with E-state index in [1.54, 1.807) is 41.8 Å². The molecular formula is C28H12ClN3O3S. The maximum Gasteiger partial charge on any atom is 0.345 e. The highest BCUT2D eigenvalue weighted by Crippen LogP contribution is 2.35. The Labute approximate surface area is 212 Å². The van der Waals surface area contributed by atoms with E-state index in [-0.39, 0.29) is 27.9 Å². The molecule has 6 aromatic rings. The number of nitrogens with zero attached hydrogens (tertiary/aromatic N) is 3. The van der Waals surface area contributed by atoms with Crippen LogP contribution in [-0.2, 0) is 0 Å². The molecule has 0 unspecified atom stereocenters.